The van der Waals surface area contributed by atoms with E-state index in [0.29, 0.717) is 12.0 Å². The first-order valence-electron chi connectivity index (χ1n) is 3.78. The van der Waals surface area contributed by atoms with Crippen molar-refractivity contribution in [1.82, 2.24) is 0 Å². The Bertz CT molecular complexity index is 333. The van der Waals surface area contributed by atoms with Crippen LogP contribution in [0, 0.1) is 15.9 Å². The normalized spacial score (nSPS) is 9.29. The minimum Gasteiger partial charge on any atom is -0.330 e. The molecule has 0 saturated carbocycles. The SMILES string of the molecule is Cl.NCCc1cc(F)ccc1[N+](=O)[O-]. The Morgan fingerprint density at radius 2 is 2.14 bits per heavy atom. The molecule has 0 radical (unpaired) electrons. The third-order valence-electron chi connectivity index (χ3n) is 1.65. The van der Waals surface area contributed by atoms with Crippen LogP contribution < -0.4 is 5.73 Å². The molecule has 4 nitrogen and oxygen atoms in total. The number of halogens is 2. The number of hydrogen-bond donors (Lipinski definition) is 1. The number of nitrogens with zero attached hydrogens (tertiary/aromatic N) is 1. The van der Waals surface area contributed by atoms with Crippen LogP contribution in [0.3, 0.4) is 0 Å². The van der Waals surface area contributed by atoms with E-state index in [0.717, 1.165) is 18.2 Å². The van der Waals surface area contributed by atoms with Gasteiger partial charge < -0.3 is 5.73 Å². The lowest BCUT2D eigenvalue weighted by Gasteiger charge is -2.00. The summed E-state index contributed by atoms with van der Waals surface area (Å²) in [5.41, 5.74) is 5.50. The molecule has 0 aliphatic rings. The Kier molecular flexibility index (Phi) is 5.04. The zero-order valence-electron chi connectivity index (χ0n) is 7.27. The van der Waals surface area contributed by atoms with E-state index in [1.807, 2.05) is 0 Å². The van der Waals surface area contributed by atoms with Crippen LogP contribution in [0.15, 0.2) is 18.2 Å². The first kappa shape index (κ1) is 12.8. The maximum absolute atomic E-state index is 12.7. The van der Waals surface area contributed by atoms with E-state index in [-0.39, 0.29) is 24.6 Å². The van der Waals surface area contributed by atoms with Gasteiger partial charge in [0.25, 0.3) is 5.69 Å². The first-order chi connectivity index (χ1) is 6.15. The van der Waals surface area contributed by atoms with Crippen molar-refractivity contribution in [1.29, 1.82) is 0 Å². The molecule has 78 valence electrons. The molecule has 0 aliphatic carbocycles. The molecule has 6 heteroatoms. The summed E-state index contributed by atoms with van der Waals surface area (Å²) in [6, 6.07) is 3.36. The van der Waals surface area contributed by atoms with E-state index in [9.17, 15) is 14.5 Å². The molecule has 0 heterocycles. The lowest BCUT2D eigenvalue weighted by Crippen LogP contribution is -2.05. The van der Waals surface area contributed by atoms with Crippen LogP contribution in [-0.4, -0.2) is 11.5 Å². The number of nitrogens with two attached hydrogens (primary N) is 1. The second kappa shape index (κ2) is 5.51. The van der Waals surface area contributed by atoms with E-state index in [2.05, 4.69) is 0 Å². The van der Waals surface area contributed by atoms with Crippen molar-refractivity contribution >= 4 is 18.1 Å². The van der Waals surface area contributed by atoms with Crippen molar-refractivity contribution in [3.63, 3.8) is 0 Å². The van der Waals surface area contributed by atoms with Crippen LogP contribution >= 0.6 is 12.4 Å². The number of nitro groups is 1. The highest BCUT2D eigenvalue weighted by Gasteiger charge is 2.12. The third kappa shape index (κ3) is 2.93. The van der Waals surface area contributed by atoms with Gasteiger partial charge in [0.1, 0.15) is 5.82 Å². The largest absolute Gasteiger partial charge is 0.330 e. The van der Waals surface area contributed by atoms with E-state index in [4.69, 9.17) is 5.73 Å². The number of hydrogen-bond acceptors (Lipinski definition) is 3. The molecule has 0 aromatic heterocycles. The van der Waals surface area contributed by atoms with Gasteiger partial charge in [-0.3, -0.25) is 10.1 Å². The fraction of sp³-hybridized carbons (Fsp3) is 0.250. The van der Waals surface area contributed by atoms with Crippen LogP contribution in [0.5, 0.6) is 0 Å². The molecule has 0 bridgehead atoms. The van der Waals surface area contributed by atoms with Crippen LogP contribution in [0.4, 0.5) is 10.1 Å². The highest BCUT2D eigenvalue weighted by atomic mass is 35.5. The van der Waals surface area contributed by atoms with Crippen LogP contribution in [-0.2, 0) is 6.42 Å². The zero-order chi connectivity index (χ0) is 9.84. The van der Waals surface area contributed by atoms with Crippen molar-refractivity contribution in [2.24, 2.45) is 5.73 Å². The fourth-order valence-electron chi connectivity index (χ4n) is 1.09. The number of benzene rings is 1. The molecule has 0 unspecified atom stereocenters. The predicted molar refractivity (Wildman–Crippen MR) is 53.1 cm³/mol. The molecule has 0 atom stereocenters. The van der Waals surface area contributed by atoms with E-state index in [1.54, 1.807) is 0 Å². The Hall–Kier alpha value is -1.20. The molecular formula is C8H10ClFN2O2. The van der Waals surface area contributed by atoms with Gasteiger partial charge in [0.15, 0.2) is 0 Å². The van der Waals surface area contributed by atoms with E-state index in [1.165, 1.54) is 0 Å². The Morgan fingerprint density at radius 1 is 1.50 bits per heavy atom. The molecule has 1 aromatic rings. The van der Waals surface area contributed by atoms with Gasteiger partial charge in [0.2, 0.25) is 0 Å². The van der Waals surface area contributed by atoms with E-state index < -0.39 is 10.7 Å². The van der Waals surface area contributed by atoms with E-state index >= 15 is 0 Å². The highest BCUT2D eigenvalue weighted by Crippen LogP contribution is 2.19. The molecule has 0 aliphatic heterocycles. The first-order valence-corrected chi connectivity index (χ1v) is 3.78. The summed E-state index contributed by atoms with van der Waals surface area (Å²) in [6.07, 6.45) is 0.314. The summed E-state index contributed by atoms with van der Waals surface area (Å²) >= 11 is 0. The maximum atomic E-state index is 12.7. The summed E-state index contributed by atoms with van der Waals surface area (Å²) in [7, 11) is 0. The Balaban J connectivity index is 0.00000169. The van der Waals surface area contributed by atoms with Gasteiger partial charge in [-0.25, -0.2) is 4.39 Å². The number of nitro benzene ring substituents is 1. The summed E-state index contributed by atoms with van der Waals surface area (Å²) in [5.74, 6) is -0.478. The van der Waals surface area contributed by atoms with Crippen molar-refractivity contribution < 1.29 is 9.31 Å². The minimum absolute atomic E-state index is 0. The van der Waals surface area contributed by atoms with Gasteiger partial charge in [-0.05, 0) is 25.1 Å². The molecular weight excluding hydrogens is 211 g/mol. The molecule has 14 heavy (non-hydrogen) atoms. The van der Waals surface area contributed by atoms with Crippen LogP contribution in [0.1, 0.15) is 5.56 Å². The molecule has 1 rings (SSSR count). The van der Waals surface area contributed by atoms with Gasteiger partial charge in [-0.15, -0.1) is 12.4 Å². The van der Waals surface area contributed by atoms with Crippen LogP contribution in [0.25, 0.3) is 0 Å². The van der Waals surface area contributed by atoms with Gasteiger partial charge in [-0.2, -0.15) is 0 Å². The second-order valence-corrected chi connectivity index (χ2v) is 2.57. The average molecular weight is 221 g/mol. The standard InChI is InChI=1S/C8H9FN2O2.ClH/c9-7-1-2-8(11(12)13)6(5-7)3-4-10;/h1-2,5H,3-4,10H2;1H. The smallest absolute Gasteiger partial charge is 0.272 e. The monoisotopic (exact) mass is 220 g/mol. The van der Waals surface area contributed by atoms with Crippen molar-refractivity contribution in [2.45, 2.75) is 6.42 Å². The van der Waals surface area contributed by atoms with Crippen molar-refractivity contribution in [2.75, 3.05) is 6.54 Å². The topological polar surface area (TPSA) is 69.2 Å². The molecule has 0 spiro atoms. The Labute approximate surface area is 86.5 Å². The predicted octanol–water partition coefficient (Wildman–Crippen LogP) is 1.66. The second-order valence-electron chi connectivity index (χ2n) is 2.57. The minimum atomic E-state index is -0.537. The van der Waals surface area contributed by atoms with Gasteiger partial charge in [0.05, 0.1) is 4.92 Å². The summed E-state index contributed by atoms with van der Waals surface area (Å²) in [5, 5.41) is 10.5. The summed E-state index contributed by atoms with van der Waals surface area (Å²) in [4.78, 5) is 9.91. The lowest BCUT2D eigenvalue weighted by molar-refractivity contribution is -0.385. The van der Waals surface area contributed by atoms with Crippen LogP contribution in [0.2, 0.25) is 0 Å². The third-order valence-corrected chi connectivity index (χ3v) is 1.65. The summed E-state index contributed by atoms with van der Waals surface area (Å²) in [6.45, 7) is 0.268. The summed E-state index contributed by atoms with van der Waals surface area (Å²) < 4.78 is 12.7. The zero-order valence-corrected chi connectivity index (χ0v) is 8.09. The lowest BCUT2D eigenvalue weighted by atomic mass is 10.1. The van der Waals surface area contributed by atoms with Crippen molar-refractivity contribution in [3.8, 4) is 0 Å². The van der Waals surface area contributed by atoms with Gasteiger partial charge >= 0.3 is 0 Å². The highest BCUT2D eigenvalue weighted by molar-refractivity contribution is 5.85. The molecule has 0 saturated heterocycles. The molecule has 0 amide bonds. The Morgan fingerprint density at radius 3 is 2.64 bits per heavy atom. The van der Waals surface area contributed by atoms with Gasteiger partial charge in [-0.1, -0.05) is 0 Å². The average Bonchev–Trinajstić information content (AvgIpc) is 2.04. The van der Waals surface area contributed by atoms with Crippen molar-refractivity contribution in [3.05, 3.63) is 39.7 Å². The maximum Gasteiger partial charge on any atom is 0.272 e. The molecule has 1 aromatic carbocycles. The quantitative estimate of drug-likeness (QED) is 0.622. The number of rotatable bonds is 3. The molecule has 2 N–H and O–H groups in total. The van der Waals surface area contributed by atoms with Gasteiger partial charge in [0, 0.05) is 11.6 Å². The fourth-order valence-corrected chi connectivity index (χ4v) is 1.09. The molecule has 0 fully saturated rings.